The van der Waals surface area contributed by atoms with E-state index in [1.165, 1.54) is 5.56 Å². The fourth-order valence-electron chi connectivity index (χ4n) is 3.77. The lowest BCUT2D eigenvalue weighted by Crippen LogP contribution is -2.39. The van der Waals surface area contributed by atoms with Crippen LogP contribution < -0.4 is 14.2 Å². The molecule has 0 unspecified atom stereocenters. The Balaban J connectivity index is 1.62. The first-order valence-electron chi connectivity index (χ1n) is 11.2. The molecule has 7 nitrogen and oxygen atoms in total. The number of ether oxygens (including phenoxy) is 3. The zero-order valence-corrected chi connectivity index (χ0v) is 19.1. The summed E-state index contributed by atoms with van der Waals surface area (Å²) in [6.45, 7) is 5.83. The molecule has 3 aromatic rings. The van der Waals surface area contributed by atoms with E-state index in [1.807, 2.05) is 48.2 Å². The fraction of sp³-hybridized carbons (Fsp3) is 0.308. The minimum absolute atomic E-state index is 0.0948. The second kappa shape index (κ2) is 10.8. The van der Waals surface area contributed by atoms with E-state index in [0.29, 0.717) is 49.8 Å². The highest BCUT2D eigenvalue weighted by Gasteiger charge is 2.22. The van der Waals surface area contributed by atoms with Gasteiger partial charge in [-0.15, -0.1) is 0 Å². The van der Waals surface area contributed by atoms with Gasteiger partial charge in [-0.2, -0.15) is 0 Å². The molecule has 0 bridgehead atoms. The van der Waals surface area contributed by atoms with E-state index in [9.17, 15) is 4.79 Å². The summed E-state index contributed by atoms with van der Waals surface area (Å²) < 4.78 is 17.4. The number of amides is 1. The first-order chi connectivity index (χ1) is 16.2. The van der Waals surface area contributed by atoms with Crippen LogP contribution in [0.1, 0.15) is 22.8 Å². The first kappa shape index (κ1) is 22.6. The molecule has 0 saturated carbocycles. The van der Waals surface area contributed by atoms with E-state index in [4.69, 9.17) is 14.2 Å². The predicted octanol–water partition coefficient (Wildman–Crippen LogP) is 4.24. The third kappa shape index (κ3) is 5.62. The van der Waals surface area contributed by atoms with Gasteiger partial charge in [0.2, 0.25) is 5.88 Å². The Kier molecular flexibility index (Phi) is 7.42. The Hall–Kier alpha value is -3.58. The molecule has 2 heterocycles. The van der Waals surface area contributed by atoms with Crippen molar-refractivity contribution in [1.82, 2.24) is 14.8 Å². The van der Waals surface area contributed by atoms with Crippen molar-refractivity contribution < 1.29 is 19.0 Å². The van der Waals surface area contributed by atoms with Crippen LogP contribution in [0.25, 0.3) is 0 Å². The van der Waals surface area contributed by atoms with Gasteiger partial charge in [-0.05, 0) is 48.9 Å². The van der Waals surface area contributed by atoms with Crippen LogP contribution in [0, 0.1) is 0 Å². The van der Waals surface area contributed by atoms with E-state index < -0.39 is 0 Å². The normalized spacial score (nSPS) is 15.1. The summed E-state index contributed by atoms with van der Waals surface area (Å²) in [4.78, 5) is 21.8. The monoisotopic (exact) mass is 447 g/mol. The SMILES string of the molecule is CCN1CCN(Cc2ccc(OC)cc2)CCOc2ccccc2Oc2ncccc2C1=O. The van der Waals surface area contributed by atoms with Crippen LogP contribution in [0.15, 0.2) is 66.9 Å². The second-order valence-electron chi connectivity index (χ2n) is 7.76. The number of rotatable bonds is 4. The molecule has 0 atom stereocenters. The molecule has 1 aliphatic rings. The molecule has 1 amide bonds. The summed E-state index contributed by atoms with van der Waals surface area (Å²) in [7, 11) is 1.66. The van der Waals surface area contributed by atoms with Crippen molar-refractivity contribution in [3.05, 3.63) is 78.0 Å². The molecule has 33 heavy (non-hydrogen) atoms. The summed E-state index contributed by atoms with van der Waals surface area (Å²) in [5.41, 5.74) is 1.61. The molecule has 0 N–H and O–H groups in total. The zero-order valence-electron chi connectivity index (χ0n) is 19.1. The number of likely N-dealkylation sites (N-methyl/N-ethyl adjacent to an activating group) is 1. The summed E-state index contributed by atoms with van der Waals surface area (Å²) in [5.74, 6) is 2.18. The highest BCUT2D eigenvalue weighted by Crippen LogP contribution is 2.32. The van der Waals surface area contributed by atoms with Crippen LogP contribution in [-0.2, 0) is 6.54 Å². The van der Waals surface area contributed by atoms with Gasteiger partial charge in [-0.25, -0.2) is 4.98 Å². The van der Waals surface area contributed by atoms with Crippen molar-refractivity contribution in [3.8, 4) is 23.1 Å². The Labute approximate surface area is 194 Å². The van der Waals surface area contributed by atoms with Crippen LogP contribution >= 0.6 is 0 Å². The molecule has 172 valence electrons. The smallest absolute Gasteiger partial charge is 0.259 e. The summed E-state index contributed by atoms with van der Waals surface area (Å²) >= 11 is 0. The molecule has 2 aromatic carbocycles. The molecule has 7 heteroatoms. The van der Waals surface area contributed by atoms with Gasteiger partial charge in [0, 0.05) is 38.9 Å². The maximum atomic E-state index is 13.4. The fourth-order valence-corrected chi connectivity index (χ4v) is 3.77. The maximum Gasteiger partial charge on any atom is 0.259 e. The zero-order chi connectivity index (χ0) is 23.0. The average Bonchev–Trinajstić information content (AvgIpc) is 2.86. The number of hydrogen-bond acceptors (Lipinski definition) is 6. The molecule has 0 spiro atoms. The highest BCUT2D eigenvalue weighted by molar-refractivity contribution is 5.96. The van der Waals surface area contributed by atoms with Gasteiger partial charge in [0.25, 0.3) is 5.91 Å². The number of carbonyl (C=O) groups is 1. The van der Waals surface area contributed by atoms with Crippen molar-refractivity contribution in [2.75, 3.05) is 39.9 Å². The lowest BCUT2D eigenvalue weighted by atomic mass is 10.2. The van der Waals surface area contributed by atoms with Crippen LogP contribution in [-0.4, -0.2) is 60.6 Å². The van der Waals surface area contributed by atoms with Crippen molar-refractivity contribution in [1.29, 1.82) is 0 Å². The number of fused-ring (bicyclic) bond motifs is 2. The number of aromatic nitrogens is 1. The minimum Gasteiger partial charge on any atom is -0.497 e. The van der Waals surface area contributed by atoms with Gasteiger partial charge < -0.3 is 19.1 Å². The number of benzene rings is 2. The quantitative estimate of drug-likeness (QED) is 0.596. The average molecular weight is 448 g/mol. The Morgan fingerprint density at radius 1 is 0.970 bits per heavy atom. The van der Waals surface area contributed by atoms with Crippen LogP contribution in [0.4, 0.5) is 0 Å². The van der Waals surface area contributed by atoms with Crippen molar-refractivity contribution in [3.63, 3.8) is 0 Å². The summed E-state index contributed by atoms with van der Waals surface area (Å²) in [6, 6.07) is 19.0. The molecule has 4 rings (SSSR count). The van der Waals surface area contributed by atoms with Gasteiger partial charge in [0.1, 0.15) is 17.9 Å². The maximum absolute atomic E-state index is 13.4. The van der Waals surface area contributed by atoms with E-state index in [1.54, 1.807) is 25.4 Å². The van der Waals surface area contributed by atoms with Crippen molar-refractivity contribution in [2.24, 2.45) is 0 Å². The molecule has 0 aliphatic carbocycles. The number of pyridine rings is 1. The molecular weight excluding hydrogens is 418 g/mol. The van der Waals surface area contributed by atoms with Crippen molar-refractivity contribution in [2.45, 2.75) is 13.5 Å². The predicted molar refractivity (Wildman–Crippen MR) is 126 cm³/mol. The number of nitrogens with zero attached hydrogens (tertiary/aromatic N) is 3. The second-order valence-corrected chi connectivity index (χ2v) is 7.76. The van der Waals surface area contributed by atoms with Gasteiger partial charge >= 0.3 is 0 Å². The Morgan fingerprint density at radius 2 is 1.76 bits per heavy atom. The first-order valence-corrected chi connectivity index (χ1v) is 11.2. The topological polar surface area (TPSA) is 64.1 Å². The van der Waals surface area contributed by atoms with Crippen molar-refractivity contribution >= 4 is 5.91 Å². The van der Waals surface area contributed by atoms with Crippen LogP contribution in [0.2, 0.25) is 0 Å². The number of methoxy groups -OCH3 is 1. The van der Waals surface area contributed by atoms with Gasteiger partial charge in [0.15, 0.2) is 11.5 Å². The van der Waals surface area contributed by atoms with Crippen LogP contribution in [0.3, 0.4) is 0 Å². The number of para-hydroxylation sites is 2. The lowest BCUT2D eigenvalue weighted by Gasteiger charge is -2.27. The van der Waals surface area contributed by atoms with Gasteiger partial charge in [-0.1, -0.05) is 24.3 Å². The van der Waals surface area contributed by atoms with Crippen LogP contribution in [0.5, 0.6) is 23.1 Å². The molecular formula is C26H29N3O4. The molecule has 0 fully saturated rings. The lowest BCUT2D eigenvalue weighted by molar-refractivity contribution is 0.0736. The van der Waals surface area contributed by atoms with E-state index in [-0.39, 0.29) is 11.8 Å². The van der Waals surface area contributed by atoms with E-state index in [2.05, 4.69) is 22.0 Å². The molecule has 0 radical (unpaired) electrons. The highest BCUT2D eigenvalue weighted by atomic mass is 16.5. The Bertz CT molecular complexity index is 1070. The summed E-state index contributed by atoms with van der Waals surface area (Å²) in [6.07, 6.45) is 1.63. The number of hydrogen-bond donors (Lipinski definition) is 0. The molecule has 1 aromatic heterocycles. The third-order valence-corrected chi connectivity index (χ3v) is 5.64. The van der Waals surface area contributed by atoms with E-state index >= 15 is 0 Å². The Morgan fingerprint density at radius 3 is 2.52 bits per heavy atom. The number of carbonyl (C=O) groups excluding carboxylic acids is 1. The van der Waals surface area contributed by atoms with E-state index in [0.717, 1.165) is 12.3 Å². The third-order valence-electron chi connectivity index (χ3n) is 5.64. The molecule has 0 saturated heterocycles. The molecule has 1 aliphatic heterocycles. The largest absolute Gasteiger partial charge is 0.497 e. The standard InChI is InChI=1S/C26H29N3O4/c1-3-29-16-15-28(19-20-10-12-21(31-2)13-11-20)17-18-32-23-8-4-5-9-24(23)33-25-22(26(29)30)7-6-14-27-25/h4-14H,3,15-19H2,1-2H3. The summed E-state index contributed by atoms with van der Waals surface area (Å²) in [5, 5.41) is 0. The van der Waals surface area contributed by atoms with Gasteiger partial charge in [0.05, 0.1) is 7.11 Å². The van der Waals surface area contributed by atoms with Gasteiger partial charge in [-0.3, -0.25) is 9.69 Å². The minimum atomic E-state index is -0.0948.